The van der Waals surface area contributed by atoms with Crippen LogP contribution in [-0.2, 0) is 11.0 Å². The number of benzene rings is 1. The average Bonchev–Trinajstić information content (AvgIpc) is 3.04. The van der Waals surface area contributed by atoms with Gasteiger partial charge < -0.3 is 20.5 Å². The SMILES string of the molecule is CN1CCC(NC(=O)CNC(=O)c2cc3ccc(C(F)(F)F)cc3[nH]2)CC1. The number of piperidine rings is 1. The number of hydrogen-bond donors (Lipinski definition) is 3. The highest BCUT2D eigenvalue weighted by Crippen LogP contribution is 2.31. The Morgan fingerprint density at radius 2 is 1.93 bits per heavy atom. The van der Waals surface area contributed by atoms with Crippen molar-refractivity contribution < 1.29 is 22.8 Å². The van der Waals surface area contributed by atoms with Crippen LogP contribution in [0, 0.1) is 0 Å². The van der Waals surface area contributed by atoms with Crippen molar-refractivity contribution in [1.29, 1.82) is 0 Å². The third kappa shape index (κ3) is 4.79. The van der Waals surface area contributed by atoms with Crippen LogP contribution in [0.2, 0.25) is 0 Å². The van der Waals surface area contributed by atoms with E-state index in [9.17, 15) is 22.8 Å². The summed E-state index contributed by atoms with van der Waals surface area (Å²) in [6, 6.07) is 4.78. The summed E-state index contributed by atoms with van der Waals surface area (Å²) in [5, 5.41) is 5.86. The summed E-state index contributed by atoms with van der Waals surface area (Å²) in [6.45, 7) is 1.63. The second-order valence-electron chi connectivity index (χ2n) is 6.81. The number of carbonyl (C=O) groups is 2. The Balaban J connectivity index is 1.57. The van der Waals surface area contributed by atoms with Gasteiger partial charge in [0.1, 0.15) is 5.69 Å². The maximum Gasteiger partial charge on any atom is 0.416 e. The van der Waals surface area contributed by atoms with Gasteiger partial charge in [0.05, 0.1) is 12.1 Å². The molecule has 146 valence electrons. The van der Waals surface area contributed by atoms with Crippen LogP contribution in [0.5, 0.6) is 0 Å². The first-order valence-electron chi connectivity index (χ1n) is 8.68. The fraction of sp³-hybridized carbons (Fsp3) is 0.444. The number of aromatic nitrogens is 1. The summed E-state index contributed by atoms with van der Waals surface area (Å²) >= 11 is 0. The summed E-state index contributed by atoms with van der Waals surface area (Å²) in [5.74, 6) is -0.827. The third-order valence-electron chi connectivity index (χ3n) is 4.69. The van der Waals surface area contributed by atoms with Crippen LogP contribution in [0.25, 0.3) is 10.9 Å². The highest BCUT2D eigenvalue weighted by Gasteiger charge is 2.30. The lowest BCUT2D eigenvalue weighted by Crippen LogP contribution is -2.46. The summed E-state index contributed by atoms with van der Waals surface area (Å²) in [7, 11) is 2.02. The van der Waals surface area contributed by atoms with E-state index < -0.39 is 17.6 Å². The van der Waals surface area contributed by atoms with Crippen LogP contribution in [0.3, 0.4) is 0 Å². The molecule has 3 N–H and O–H groups in total. The first-order valence-corrected chi connectivity index (χ1v) is 8.68. The molecule has 0 unspecified atom stereocenters. The Morgan fingerprint density at radius 3 is 2.59 bits per heavy atom. The molecule has 1 aliphatic heterocycles. The molecule has 1 fully saturated rings. The molecule has 0 saturated carbocycles. The van der Waals surface area contributed by atoms with Gasteiger partial charge in [0.2, 0.25) is 5.91 Å². The van der Waals surface area contributed by atoms with Crippen molar-refractivity contribution >= 4 is 22.7 Å². The monoisotopic (exact) mass is 382 g/mol. The third-order valence-corrected chi connectivity index (χ3v) is 4.69. The molecule has 0 aliphatic carbocycles. The minimum absolute atomic E-state index is 0.0967. The van der Waals surface area contributed by atoms with Gasteiger partial charge in [-0.15, -0.1) is 0 Å². The van der Waals surface area contributed by atoms with Gasteiger partial charge in [-0.2, -0.15) is 13.2 Å². The molecule has 1 aromatic carbocycles. The summed E-state index contributed by atoms with van der Waals surface area (Å²) in [4.78, 5) is 29.0. The van der Waals surface area contributed by atoms with Crippen LogP contribution in [0.4, 0.5) is 13.2 Å². The maximum absolute atomic E-state index is 12.8. The van der Waals surface area contributed by atoms with Crippen molar-refractivity contribution in [2.45, 2.75) is 25.1 Å². The van der Waals surface area contributed by atoms with Crippen LogP contribution >= 0.6 is 0 Å². The zero-order chi connectivity index (χ0) is 19.6. The van der Waals surface area contributed by atoms with Gasteiger partial charge in [-0.3, -0.25) is 9.59 Å². The minimum atomic E-state index is -4.45. The maximum atomic E-state index is 12.8. The normalized spacial score (nSPS) is 16.4. The Hall–Kier alpha value is -2.55. The smallest absolute Gasteiger partial charge is 0.352 e. The molecule has 1 aliphatic rings. The predicted molar refractivity (Wildman–Crippen MR) is 94.3 cm³/mol. The Kier molecular flexibility index (Phi) is 5.41. The number of rotatable bonds is 4. The molecule has 0 spiro atoms. The molecule has 6 nitrogen and oxygen atoms in total. The molecular weight excluding hydrogens is 361 g/mol. The number of halogens is 3. The molecule has 1 saturated heterocycles. The molecule has 3 rings (SSSR count). The second kappa shape index (κ2) is 7.59. The number of alkyl halides is 3. The number of aromatic amines is 1. The van der Waals surface area contributed by atoms with Gasteiger partial charge in [-0.05, 0) is 51.2 Å². The van der Waals surface area contributed by atoms with Crippen molar-refractivity contribution in [2.75, 3.05) is 26.7 Å². The highest BCUT2D eigenvalue weighted by atomic mass is 19.4. The van der Waals surface area contributed by atoms with Gasteiger partial charge >= 0.3 is 6.18 Å². The molecule has 0 bridgehead atoms. The minimum Gasteiger partial charge on any atom is -0.352 e. The van der Waals surface area contributed by atoms with E-state index in [1.165, 1.54) is 12.1 Å². The van der Waals surface area contributed by atoms with Crippen LogP contribution in [-0.4, -0.2) is 54.4 Å². The van der Waals surface area contributed by atoms with E-state index in [0.717, 1.165) is 38.1 Å². The first-order chi connectivity index (χ1) is 12.7. The second-order valence-corrected chi connectivity index (χ2v) is 6.81. The lowest BCUT2D eigenvalue weighted by Gasteiger charge is -2.29. The molecule has 0 radical (unpaired) electrons. The average molecular weight is 382 g/mol. The fourth-order valence-corrected chi connectivity index (χ4v) is 3.11. The molecular formula is C18H21F3N4O2. The van der Waals surface area contributed by atoms with E-state index in [1.54, 1.807) is 0 Å². The number of carbonyl (C=O) groups excluding carboxylic acids is 2. The number of likely N-dealkylation sites (tertiary alicyclic amines) is 1. The number of nitrogens with one attached hydrogen (secondary N) is 3. The van der Waals surface area contributed by atoms with Gasteiger partial charge in [0.25, 0.3) is 5.91 Å². The molecule has 2 amide bonds. The van der Waals surface area contributed by atoms with Crippen molar-refractivity contribution in [3.8, 4) is 0 Å². The van der Waals surface area contributed by atoms with Gasteiger partial charge in [0.15, 0.2) is 0 Å². The molecule has 1 aromatic heterocycles. The van der Waals surface area contributed by atoms with Crippen LogP contribution < -0.4 is 10.6 Å². The van der Waals surface area contributed by atoms with Gasteiger partial charge in [0, 0.05) is 16.9 Å². The van der Waals surface area contributed by atoms with Gasteiger partial charge in [-0.25, -0.2) is 0 Å². The van der Waals surface area contributed by atoms with Crippen molar-refractivity contribution in [2.24, 2.45) is 0 Å². The first kappa shape index (κ1) is 19.2. The number of fused-ring (bicyclic) bond motifs is 1. The van der Waals surface area contributed by atoms with E-state index in [2.05, 4.69) is 20.5 Å². The van der Waals surface area contributed by atoms with Crippen molar-refractivity contribution in [3.05, 3.63) is 35.5 Å². The topological polar surface area (TPSA) is 77.2 Å². The van der Waals surface area contributed by atoms with E-state index in [1.807, 2.05) is 7.05 Å². The summed E-state index contributed by atoms with van der Waals surface area (Å²) < 4.78 is 38.3. The Morgan fingerprint density at radius 1 is 1.22 bits per heavy atom. The number of nitrogens with zero attached hydrogens (tertiary/aromatic N) is 1. The molecule has 0 atom stereocenters. The van der Waals surface area contributed by atoms with Crippen LogP contribution in [0.1, 0.15) is 28.9 Å². The Labute approximate surface area is 154 Å². The number of hydrogen-bond acceptors (Lipinski definition) is 3. The molecule has 9 heteroatoms. The van der Waals surface area contributed by atoms with Crippen molar-refractivity contribution in [3.63, 3.8) is 0 Å². The lowest BCUT2D eigenvalue weighted by molar-refractivity contribution is -0.137. The fourth-order valence-electron chi connectivity index (χ4n) is 3.11. The van der Waals surface area contributed by atoms with Gasteiger partial charge in [-0.1, -0.05) is 6.07 Å². The van der Waals surface area contributed by atoms with E-state index in [0.29, 0.717) is 5.39 Å². The zero-order valence-electron chi connectivity index (χ0n) is 14.8. The Bertz CT molecular complexity index is 839. The van der Waals surface area contributed by atoms with Crippen LogP contribution in [0.15, 0.2) is 24.3 Å². The van der Waals surface area contributed by atoms with E-state index >= 15 is 0 Å². The largest absolute Gasteiger partial charge is 0.416 e. The number of H-pyrrole nitrogens is 1. The standard InChI is InChI=1S/C18H21F3N4O2/c1-25-6-4-13(5-7-25)23-16(26)10-22-17(27)15-8-11-2-3-12(18(19,20)21)9-14(11)24-15/h2-3,8-9,13,24H,4-7,10H2,1H3,(H,22,27)(H,23,26). The molecule has 2 aromatic rings. The van der Waals surface area contributed by atoms with Crippen molar-refractivity contribution in [1.82, 2.24) is 20.5 Å². The summed E-state index contributed by atoms with van der Waals surface area (Å²) in [6.07, 6.45) is -2.73. The van der Waals surface area contributed by atoms with E-state index in [4.69, 9.17) is 0 Å². The summed E-state index contributed by atoms with van der Waals surface area (Å²) in [5.41, 5.74) is -0.469. The van der Waals surface area contributed by atoms with E-state index in [-0.39, 0.29) is 29.7 Å². The predicted octanol–water partition coefficient (Wildman–Crippen LogP) is 2.13. The molecule has 2 heterocycles. The quantitative estimate of drug-likeness (QED) is 0.758. The lowest BCUT2D eigenvalue weighted by atomic mass is 10.1. The zero-order valence-corrected chi connectivity index (χ0v) is 14.8. The highest BCUT2D eigenvalue weighted by molar-refractivity contribution is 5.99. The number of amides is 2. The molecule has 27 heavy (non-hydrogen) atoms.